The molecule has 0 heterocycles. The van der Waals surface area contributed by atoms with Crippen LogP contribution in [0.1, 0.15) is 21.5 Å². The quantitative estimate of drug-likeness (QED) is 0.638. The van der Waals surface area contributed by atoms with Gasteiger partial charge in [0.25, 0.3) is 0 Å². The van der Waals surface area contributed by atoms with Gasteiger partial charge >= 0.3 is 0 Å². The first kappa shape index (κ1) is 14.6. The topological polar surface area (TPSA) is 9.23 Å². The Balaban J connectivity index is 2.17. The third-order valence-corrected chi connectivity index (χ3v) is 4.43. The predicted octanol–water partition coefficient (Wildman–Crippen LogP) is 5.44. The zero-order valence-electron chi connectivity index (χ0n) is 11.0. The SMILES string of the molecule is COc1cccc(CC(Br)c2ccc(Br)cc2C)c1. The van der Waals surface area contributed by atoms with Gasteiger partial charge in [0.05, 0.1) is 7.11 Å². The van der Waals surface area contributed by atoms with E-state index >= 15 is 0 Å². The van der Waals surface area contributed by atoms with Crippen LogP contribution >= 0.6 is 31.9 Å². The Morgan fingerprint density at radius 2 is 1.95 bits per heavy atom. The standard InChI is InChI=1S/C16H16Br2O/c1-11-8-13(17)6-7-15(11)16(18)10-12-4-3-5-14(9-12)19-2/h3-9,16H,10H2,1-2H3. The number of aryl methyl sites for hydroxylation is 1. The first-order valence-corrected chi connectivity index (χ1v) is 7.84. The molecule has 1 unspecified atom stereocenters. The van der Waals surface area contributed by atoms with Crippen LogP contribution in [0.5, 0.6) is 5.75 Å². The highest BCUT2D eigenvalue weighted by Gasteiger charge is 2.11. The summed E-state index contributed by atoms with van der Waals surface area (Å²) in [5.74, 6) is 0.907. The van der Waals surface area contributed by atoms with E-state index in [4.69, 9.17) is 4.74 Å². The van der Waals surface area contributed by atoms with Crippen molar-refractivity contribution in [2.24, 2.45) is 0 Å². The van der Waals surface area contributed by atoms with Gasteiger partial charge in [0.2, 0.25) is 0 Å². The number of methoxy groups -OCH3 is 1. The van der Waals surface area contributed by atoms with Gasteiger partial charge < -0.3 is 4.74 Å². The number of hydrogen-bond donors (Lipinski definition) is 0. The van der Waals surface area contributed by atoms with Gasteiger partial charge in [0.15, 0.2) is 0 Å². The van der Waals surface area contributed by atoms with Crippen molar-refractivity contribution < 1.29 is 4.74 Å². The first-order valence-electron chi connectivity index (χ1n) is 6.13. The lowest BCUT2D eigenvalue weighted by molar-refractivity contribution is 0.414. The largest absolute Gasteiger partial charge is 0.497 e. The third-order valence-electron chi connectivity index (χ3n) is 3.12. The summed E-state index contributed by atoms with van der Waals surface area (Å²) >= 11 is 7.29. The molecule has 0 N–H and O–H groups in total. The van der Waals surface area contributed by atoms with Crippen molar-refractivity contribution in [3.8, 4) is 5.75 Å². The Kier molecular flexibility index (Phi) is 5.06. The average Bonchev–Trinajstić information content (AvgIpc) is 2.38. The molecule has 100 valence electrons. The molecule has 0 aromatic heterocycles. The average molecular weight is 384 g/mol. The number of halogens is 2. The monoisotopic (exact) mass is 382 g/mol. The molecule has 2 rings (SSSR count). The fourth-order valence-corrected chi connectivity index (χ4v) is 3.47. The predicted molar refractivity (Wildman–Crippen MR) is 87.2 cm³/mol. The minimum Gasteiger partial charge on any atom is -0.497 e. The van der Waals surface area contributed by atoms with Gasteiger partial charge in [0, 0.05) is 9.30 Å². The maximum absolute atomic E-state index is 5.26. The van der Waals surface area contributed by atoms with E-state index in [1.807, 2.05) is 12.1 Å². The molecule has 0 fully saturated rings. The third kappa shape index (κ3) is 3.83. The van der Waals surface area contributed by atoms with Crippen molar-refractivity contribution in [1.82, 2.24) is 0 Å². The summed E-state index contributed by atoms with van der Waals surface area (Å²) < 4.78 is 6.38. The Bertz CT molecular complexity index is 566. The molecule has 0 spiro atoms. The van der Waals surface area contributed by atoms with Crippen LogP contribution in [0.15, 0.2) is 46.9 Å². The van der Waals surface area contributed by atoms with Gasteiger partial charge in [-0.05, 0) is 54.3 Å². The fraction of sp³-hybridized carbons (Fsp3) is 0.250. The molecule has 0 bridgehead atoms. The lowest BCUT2D eigenvalue weighted by atomic mass is 10.0. The highest BCUT2D eigenvalue weighted by Crippen LogP contribution is 2.31. The van der Waals surface area contributed by atoms with Crippen molar-refractivity contribution in [2.45, 2.75) is 18.2 Å². The smallest absolute Gasteiger partial charge is 0.119 e. The molecule has 0 aliphatic heterocycles. The van der Waals surface area contributed by atoms with Crippen molar-refractivity contribution in [3.05, 3.63) is 63.6 Å². The summed E-state index contributed by atoms with van der Waals surface area (Å²) in [6.45, 7) is 2.14. The molecule has 0 saturated carbocycles. The van der Waals surface area contributed by atoms with Crippen LogP contribution in [-0.2, 0) is 6.42 Å². The second kappa shape index (κ2) is 6.58. The van der Waals surface area contributed by atoms with E-state index in [-0.39, 0.29) is 0 Å². The molecule has 1 nitrogen and oxygen atoms in total. The molecule has 0 saturated heterocycles. The van der Waals surface area contributed by atoms with Crippen LogP contribution in [0.4, 0.5) is 0 Å². The lowest BCUT2D eigenvalue weighted by Crippen LogP contribution is -1.98. The molecule has 1 atom stereocenters. The van der Waals surface area contributed by atoms with Crippen molar-refractivity contribution in [1.29, 1.82) is 0 Å². The van der Waals surface area contributed by atoms with Gasteiger partial charge in [0.1, 0.15) is 5.75 Å². The summed E-state index contributed by atoms with van der Waals surface area (Å²) in [6.07, 6.45) is 0.944. The molecule has 3 heteroatoms. The van der Waals surface area contributed by atoms with Gasteiger partial charge in [-0.3, -0.25) is 0 Å². The summed E-state index contributed by atoms with van der Waals surface area (Å²) in [5.41, 5.74) is 3.88. The first-order chi connectivity index (χ1) is 9.10. The minimum atomic E-state index is 0.313. The van der Waals surface area contributed by atoms with Gasteiger partial charge in [-0.2, -0.15) is 0 Å². The number of rotatable bonds is 4. The Morgan fingerprint density at radius 1 is 1.16 bits per heavy atom. The highest BCUT2D eigenvalue weighted by atomic mass is 79.9. The molecule has 0 amide bonds. The van der Waals surface area contributed by atoms with Crippen molar-refractivity contribution in [3.63, 3.8) is 0 Å². The Labute approximate surface area is 131 Å². The van der Waals surface area contributed by atoms with Gasteiger partial charge in [-0.25, -0.2) is 0 Å². The number of alkyl halides is 1. The van der Waals surface area contributed by atoms with Crippen LogP contribution in [0, 0.1) is 6.92 Å². The molecular weight excluding hydrogens is 368 g/mol. The molecule has 2 aromatic rings. The van der Waals surface area contributed by atoms with Crippen molar-refractivity contribution in [2.75, 3.05) is 7.11 Å². The molecular formula is C16H16Br2O. The Hall–Kier alpha value is -0.800. The highest BCUT2D eigenvalue weighted by molar-refractivity contribution is 9.10. The molecule has 19 heavy (non-hydrogen) atoms. The number of hydrogen-bond acceptors (Lipinski definition) is 1. The van der Waals surface area contributed by atoms with Crippen LogP contribution < -0.4 is 4.74 Å². The van der Waals surface area contributed by atoms with E-state index < -0.39 is 0 Å². The van der Waals surface area contributed by atoms with E-state index in [0.717, 1.165) is 16.6 Å². The maximum Gasteiger partial charge on any atom is 0.119 e. The number of ether oxygens (including phenoxy) is 1. The zero-order chi connectivity index (χ0) is 13.8. The van der Waals surface area contributed by atoms with Crippen LogP contribution in [0.25, 0.3) is 0 Å². The van der Waals surface area contributed by atoms with E-state index in [0.29, 0.717) is 4.83 Å². The van der Waals surface area contributed by atoms with Crippen LogP contribution in [-0.4, -0.2) is 7.11 Å². The lowest BCUT2D eigenvalue weighted by Gasteiger charge is -2.14. The Morgan fingerprint density at radius 3 is 2.63 bits per heavy atom. The maximum atomic E-state index is 5.26. The summed E-state index contributed by atoms with van der Waals surface area (Å²) in [4.78, 5) is 0.313. The molecule has 0 aliphatic carbocycles. The minimum absolute atomic E-state index is 0.313. The fourth-order valence-electron chi connectivity index (χ4n) is 2.11. The molecule has 2 aromatic carbocycles. The second-order valence-corrected chi connectivity index (χ2v) is 6.55. The summed E-state index contributed by atoms with van der Waals surface area (Å²) in [6, 6.07) is 14.6. The van der Waals surface area contributed by atoms with E-state index in [1.165, 1.54) is 16.7 Å². The summed E-state index contributed by atoms with van der Waals surface area (Å²) in [7, 11) is 1.70. The van der Waals surface area contributed by atoms with Gasteiger partial charge in [-0.1, -0.05) is 50.1 Å². The van der Waals surface area contributed by atoms with Crippen LogP contribution in [0.2, 0.25) is 0 Å². The molecule has 0 aliphatic rings. The van der Waals surface area contributed by atoms with Gasteiger partial charge in [-0.15, -0.1) is 0 Å². The second-order valence-electron chi connectivity index (χ2n) is 4.52. The van der Waals surface area contributed by atoms with Crippen molar-refractivity contribution >= 4 is 31.9 Å². The summed E-state index contributed by atoms with van der Waals surface area (Å²) in [5, 5.41) is 0. The number of benzene rings is 2. The normalized spacial score (nSPS) is 12.2. The van der Waals surface area contributed by atoms with E-state index in [2.05, 4.69) is 69.1 Å². The zero-order valence-corrected chi connectivity index (χ0v) is 14.2. The molecule has 0 radical (unpaired) electrons. The van der Waals surface area contributed by atoms with E-state index in [9.17, 15) is 0 Å². The van der Waals surface area contributed by atoms with E-state index in [1.54, 1.807) is 7.11 Å². The van der Waals surface area contributed by atoms with Crippen LogP contribution in [0.3, 0.4) is 0 Å².